The molecule has 0 saturated carbocycles. The molecule has 106 valence electrons. The van der Waals surface area contributed by atoms with Gasteiger partial charge in [-0.05, 0) is 18.2 Å². The van der Waals surface area contributed by atoms with E-state index < -0.39 is 0 Å². The number of anilines is 1. The summed E-state index contributed by atoms with van der Waals surface area (Å²) < 4.78 is 0. The fraction of sp³-hybridized carbons (Fsp3) is 0.176. The van der Waals surface area contributed by atoms with E-state index in [1.54, 1.807) is 0 Å². The number of aromatic amines is 1. The van der Waals surface area contributed by atoms with Gasteiger partial charge < -0.3 is 10.3 Å². The van der Waals surface area contributed by atoms with E-state index in [0.29, 0.717) is 0 Å². The number of nitrogens with zero attached hydrogens (tertiary/aromatic N) is 1. The number of carbonyl (C=O) groups is 1. The van der Waals surface area contributed by atoms with Crippen LogP contribution >= 0.6 is 0 Å². The number of benzene rings is 2. The number of amides is 1. The summed E-state index contributed by atoms with van der Waals surface area (Å²) in [6, 6.07) is 15.7. The molecule has 0 fully saturated rings. The Kier molecular flexibility index (Phi) is 3.44. The van der Waals surface area contributed by atoms with Crippen LogP contribution in [0.25, 0.3) is 22.4 Å². The average molecular weight is 279 g/mol. The lowest BCUT2D eigenvalue weighted by molar-refractivity contribution is -0.118. The Bertz CT molecular complexity index is 775. The van der Waals surface area contributed by atoms with Crippen LogP contribution in [0.3, 0.4) is 0 Å². The predicted molar refractivity (Wildman–Crippen MR) is 85.0 cm³/mol. The third kappa shape index (κ3) is 2.79. The van der Waals surface area contributed by atoms with Crippen molar-refractivity contribution < 1.29 is 4.79 Å². The lowest BCUT2D eigenvalue weighted by atomic mass is 10.2. The molecule has 1 aromatic heterocycles. The molecule has 0 aliphatic carbocycles. The van der Waals surface area contributed by atoms with Crippen molar-refractivity contribution in [2.75, 3.05) is 5.32 Å². The second-order valence-electron chi connectivity index (χ2n) is 5.33. The predicted octanol–water partition coefficient (Wildman–Crippen LogP) is 3.82. The SMILES string of the molecule is CC(C)C(=O)Nc1ccc2[nH]c(-c3ccccc3)nc2c1. The van der Waals surface area contributed by atoms with Crippen LogP contribution < -0.4 is 5.32 Å². The highest BCUT2D eigenvalue weighted by Crippen LogP contribution is 2.22. The molecule has 0 unspecified atom stereocenters. The molecule has 1 amide bonds. The van der Waals surface area contributed by atoms with Crippen molar-refractivity contribution in [3.8, 4) is 11.4 Å². The average Bonchev–Trinajstić information content (AvgIpc) is 2.91. The number of H-pyrrole nitrogens is 1. The number of aromatic nitrogens is 2. The van der Waals surface area contributed by atoms with Gasteiger partial charge in [-0.3, -0.25) is 4.79 Å². The first-order valence-electron chi connectivity index (χ1n) is 6.99. The quantitative estimate of drug-likeness (QED) is 0.765. The molecule has 21 heavy (non-hydrogen) atoms. The summed E-state index contributed by atoms with van der Waals surface area (Å²) in [5, 5.41) is 2.89. The Morgan fingerprint density at radius 1 is 1.14 bits per heavy atom. The van der Waals surface area contributed by atoms with Gasteiger partial charge in [0.1, 0.15) is 5.82 Å². The summed E-state index contributed by atoms with van der Waals surface area (Å²) in [4.78, 5) is 19.6. The lowest BCUT2D eigenvalue weighted by Gasteiger charge is -2.06. The van der Waals surface area contributed by atoms with Gasteiger partial charge in [0.2, 0.25) is 5.91 Å². The first kappa shape index (κ1) is 13.4. The summed E-state index contributed by atoms with van der Waals surface area (Å²) in [6.45, 7) is 3.74. The minimum absolute atomic E-state index is 0.00756. The van der Waals surface area contributed by atoms with Crippen molar-refractivity contribution in [3.63, 3.8) is 0 Å². The fourth-order valence-electron chi connectivity index (χ4n) is 2.10. The number of fused-ring (bicyclic) bond motifs is 1. The van der Waals surface area contributed by atoms with Crippen molar-refractivity contribution >= 4 is 22.6 Å². The molecule has 0 radical (unpaired) electrons. The van der Waals surface area contributed by atoms with E-state index in [1.807, 2.05) is 62.4 Å². The van der Waals surface area contributed by atoms with Gasteiger partial charge in [-0.25, -0.2) is 4.98 Å². The number of nitrogens with one attached hydrogen (secondary N) is 2. The maximum Gasteiger partial charge on any atom is 0.226 e. The lowest BCUT2D eigenvalue weighted by Crippen LogP contribution is -2.17. The van der Waals surface area contributed by atoms with E-state index in [4.69, 9.17) is 0 Å². The summed E-state index contributed by atoms with van der Waals surface area (Å²) in [7, 11) is 0. The molecular formula is C17H17N3O. The second kappa shape index (κ2) is 5.40. The molecule has 3 aromatic rings. The van der Waals surface area contributed by atoms with Gasteiger partial charge in [0.05, 0.1) is 11.0 Å². The molecule has 4 heteroatoms. The summed E-state index contributed by atoms with van der Waals surface area (Å²) in [6.07, 6.45) is 0. The summed E-state index contributed by atoms with van der Waals surface area (Å²) in [5.41, 5.74) is 3.61. The maximum absolute atomic E-state index is 11.7. The molecule has 3 rings (SSSR count). The first-order chi connectivity index (χ1) is 10.1. The monoisotopic (exact) mass is 279 g/mol. The van der Waals surface area contributed by atoms with Crippen molar-refractivity contribution in [2.45, 2.75) is 13.8 Å². The highest BCUT2D eigenvalue weighted by Gasteiger charge is 2.09. The van der Waals surface area contributed by atoms with E-state index in [-0.39, 0.29) is 11.8 Å². The van der Waals surface area contributed by atoms with Crippen molar-refractivity contribution in [1.82, 2.24) is 9.97 Å². The Morgan fingerprint density at radius 3 is 2.62 bits per heavy atom. The molecule has 0 bridgehead atoms. The van der Waals surface area contributed by atoms with Crippen molar-refractivity contribution in [3.05, 3.63) is 48.5 Å². The maximum atomic E-state index is 11.7. The number of rotatable bonds is 3. The van der Waals surface area contributed by atoms with Gasteiger partial charge in [0.25, 0.3) is 0 Å². The Labute approximate surface area is 123 Å². The zero-order valence-electron chi connectivity index (χ0n) is 12.1. The molecule has 0 aliphatic heterocycles. The van der Waals surface area contributed by atoms with Gasteiger partial charge in [0, 0.05) is 17.2 Å². The molecule has 1 heterocycles. The van der Waals surface area contributed by atoms with E-state index >= 15 is 0 Å². The van der Waals surface area contributed by atoms with E-state index in [1.165, 1.54) is 0 Å². The molecule has 0 aliphatic rings. The van der Waals surface area contributed by atoms with Crippen LogP contribution in [0.5, 0.6) is 0 Å². The van der Waals surface area contributed by atoms with E-state index in [0.717, 1.165) is 28.1 Å². The summed E-state index contributed by atoms with van der Waals surface area (Å²) in [5.74, 6) is 0.797. The van der Waals surface area contributed by atoms with Crippen molar-refractivity contribution in [2.24, 2.45) is 5.92 Å². The van der Waals surface area contributed by atoms with Gasteiger partial charge in [-0.2, -0.15) is 0 Å². The molecule has 2 N–H and O–H groups in total. The minimum atomic E-state index is -0.0419. The molecule has 4 nitrogen and oxygen atoms in total. The first-order valence-corrected chi connectivity index (χ1v) is 6.99. The standard InChI is InChI=1S/C17H17N3O/c1-11(2)17(21)18-13-8-9-14-15(10-13)20-16(19-14)12-6-4-3-5-7-12/h3-11H,1-2H3,(H,18,21)(H,19,20). The smallest absolute Gasteiger partial charge is 0.226 e. The largest absolute Gasteiger partial charge is 0.338 e. The molecule has 0 spiro atoms. The van der Waals surface area contributed by atoms with Gasteiger partial charge >= 0.3 is 0 Å². The van der Waals surface area contributed by atoms with Crippen LogP contribution in [0.4, 0.5) is 5.69 Å². The summed E-state index contributed by atoms with van der Waals surface area (Å²) >= 11 is 0. The topological polar surface area (TPSA) is 57.8 Å². The van der Waals surface area contributed by atoms with E-state index in [2.05, 4.69) is 15.3 Å². The van der Waals surface area contributed by atoms with Gasteiger partial charge in [0.15, 0.2) is 0 Å². The zero-order chi connectivity index (χ0) is 14.8. The van der Waals surface area contributed by atoms with Crippen LogP contribution in [0, 0.1) is 5.92 Å². The van der Waals surface area contributed by atoms with Crippen LogP contribution in [-0.4, -0.2) is 15.9 Å². The van der Waals surface area contributed by atoms with E-state index in [9.17, 15) is 4.79 Å². The van der Waals surface area contributed by atoms with Crippen LogP contribution in [-0.2, 0) is 4.79 Å². The molecule has 0 saturated heterocycles. The number of imidazole rings is 1. The normalized spacial score (nSPS) is 11.0. The molecular weight excluding hydrogens is 262 g/mol. The molecule has 2 aromatic carbocycles. The van der Waals surface area contributed by atoms with Gasteiger partial charge in [-0.1, -0.05) is 44.2 Å². The number of carbonyl (C=O) groups excluding carboxylic acids is 1. The second-order valence-corrected chi connectivity index (χ2v) is 5.33. The minimum Gasteiger partial charge on any atom is -0.338 e. The third-order valence-electron chi connectivity index (χ3n) is 3.32. The highest BCUT2D eigenvalue weighted by atomic mass is 16.1. The molecule has 0 atom stereocenters. The Balaban J connectivity index is 1.94. The third-order valence-corrected chi connectivity index (χ3v) is 3.32. The highest BCUT2D eigenvalue weighted by molar-refractivity contribution is 5.94. The van der Waals surface area contributed by atoms with Crippen LogP contribution in [0.2, 0.25) is 0 Å². The van der Waals surface area contributed by atoms with Crippen molar-refractivity contribution in [1.29, 1.82) is 0 Å². The van der Waals surface area contributed by atoms with Crippen LogP contribution in [0.1, 0.15) is 13.8 Å². The van der Waals surface area contributed by atoms with Crippen LogP contribution in [0.15, 0.2) is 48.5 Å². The fourth-order valence-corrected chi connectivity index (χ4v) is 2.10. The Hall–Kier alpha value is -2.62. The number of hydrogen-bond donors (Lipinski definition) is 2. The number of hydrogen-bond acceptors (Lipinski definition) is 2. The van der Waals surface area contributed by atoms with Gasteiger partial charge in [-0.15, -0.1) is 0 Å². The zero-order valence-corrected chi connectivity index (χ0v) is 12.1. The Morgan fingerprint density at radius 2 is 1.90 bits per heavy atom.